The van der Waals surface area contributed by atoms with Crippen LogP contribution >= 0.6 is 24.0 Å². The minimum absolute atomic E-state index is 0. The Morgan fingerprint density at radius 3 is 2.71 bits per heavy atom. The van der Waals surface area contributed by atoms with E-state index in [-0.39, 0.29) is 18.3 Å². The number of fused-ring (bicyclic) bond motifs is 2. The molecule has 2 bridgehead atoms. The summed E-state index contributed by atoms with van der Waals surface area (Å²) in [5.41, 5.74) is 2.02. The Hall–Kier alpha value is -1.75. The van der Waals surface area contributed by atoms with Crippen LogP contribution in [0.15, 0.2) is 48.5 Å². The van der Waals surface area contributed by atoms with Crippen molar-refractivity contribution >= 4 is 29.9 Å². The van der Waals surface area contributed by atoms with Crippen molar-refractivity contribution in [3.8, 4) is 5.75 Å². The van der Waals surface area contributed by atoms with E-state index >= 15 is 0 Å². The Kier molecular flexibility index (Phi) is 7.22. The molecule has 0 radical (unpaired) electrons. The van der Waals surface area contributed by atoms with Crippen LogP contribution in [0.4, 0.5) is 0 Å². The highest BCUT2D eigenvalue weighted by Crippen LogP contribution is 2.22. The van der Waals surface area contributed by atoms with Gasteiger partial charge in [0, 0.05) is 30.2 Å². The molecule has 1 amide bonds. The van der Waals surface area contributed by atoms with Gasteiger partial charge in [-0.05, 0) is 54.7 Å². The van der Waals surface area contributed by atoms with Crippen LogP contribution in [-0.2, 0) is 17.8 Å². The molecule has 2 fully saturated rings. The number of benzene rings is 2. The molecule has 0 aliphatic carbocycles. The van der Waals surface area contributed by atoms with E-state index in [2.05, 4.69) is 5.32 Å². The van der Waals surface area contributed by atoms with E-state index < -0.39 is 0 Å². The molecule has 2 aliphatic heterocycles. The maximum Gasteiger partial charge on any atom is 0.227 e. The van der Waals surface area contributed by atoms with Crippen molar-refractivity contribution in [2.75, 3.05) is 13.1 Å². The highest BCUT2D eigenvalue weighted by Gasteiger charge is 2.30. The predicted molar refractivity (Wildman–Crippen MR) is 114 cm³/mol. The van der Waals surface area contributed by atoms with Crippen LogP contribution in [0, 0.1) is 0 Å². The molecule has 0 aromatic heterocycles. The Morgan fingerprint density at radius 2 is 1.86 bits per heavy atom. The van der Waals surface area contributed by atoms with E-state index in [0.29, 0.717) is 30.1 Å². The van der Waals surface area contributed by atoms with Crippen LogP contribution in [-0.4, -0.2) is 36.0 Å². The fourth-order valence-electron chi connectivity index (χ4n) is 3.99. The summed E-state index contributed by atoms with van der Waals surface area (Å²) in [6.45, 7) is 2.15. The summed E-state index contributed by atoms with van der Waals surface area (Å²) in [7, 11) is 0. The lowest BCUT2D eigenvalue weighted by atomic mass is 10.1. The van der Waals surface area contributed by atoms with Crippen LogP contribution in [0.1, 0.15) is 30.4 Å². The molecule has 2 unspecified atom stereocenters. The minimum atomic E-state index is 0. The fraction of sp³-hybridized carbons (Fsp3) is 0.409. The third-order valence-corrected chi connectivity index (χ3v) is 5.66. The Bertz CT molecular complexity index is 815. The van der Waals surface area contributed by atoms with Crippen molar-refractivity contribution in [2.45, 2.75) is 44.4 Å². The van der Waals surface area contributed by atoms with Gasteiger partial charge in [0.25, 0.3) is 0 Å². The van der Waals surface area contributed by atoms with Crippen molar-refractivity contribution in [2.24, 2.45) is 0 Å². The highest BCUT2D eigenvalue weighted by molar-refractivity contribution is 6.30. The zero-order chi connectivity index (χ0) is 18.6. The molecule has 2 aromatic rings. The van der Waals surface area contributed by atoms with Crippen LogP contribution in [0.2, 0.25) is 5.02 Å². The average Bonchev–Trinajstić information content (AvgIpc) is 2.99. The van der Waals surface area contributed by atoms with E-state index in [1.807, 2.05) is 53.4 Å². The highest BCUT2D eigenvalue weighted by atomic mass is 35.5. The number of halogens is 2. The molecule has 0 saturated carbocycles. The lowest BCUT2D eigenvalue weighted by Gasteiger charge is -2.24. The first kappa shape index (κ1) is 21.0. The second kappa shape index (κ2) is 9.64. The van der Waals surface area contributed by atoms with Crippen molar-refractivity contribution in [3.05, 3.63) is 64.7 Å². The van der Waals surface area contributed by atoms with Crippen LogP contribution < -0.4 is 10.1 Å². The van der Waals surface area contributed by atoms with Gasteiger partial charge in [0.2, 0.25) is 5.91 Å². The van der Waals surface area contributed by atoms with E-state index in [9.17, 15) is 4.79 Å². The standard InChI is InChI=1S/C22H25ClN2O2.ClH/c23-18-5-1-4-17(11-18)15-27-21-6-2-3-16(12-21)13-22(26)25-10-9-19-7-8-20(14-25)24-19;/h1-6,11-12,19-20,24H,7-10,13-15H2;1H. The van der Waals surface area contributed by atoms with Gasteiger partial charge in [-0.2, -0.15) is 0 Å². The Labute approximate surface area is 177 Å². The normalized spacial score (nSPS) is 21.0. The number of amides is 1. The third kappa shape index (κ3) is 5.40. The number of nitrogens with zero attached hydrogens (tertiary/aromatic N) is 1. The molecule has 6 heteroatoms. The smallest absolute Gasteiger partial charge is 0.227 e. The second-order valence-corrected chi connectivity index (χ2v) is 7.95. The van der Waals surface area contributed by atoms with Gasteiger partial charge in [0.15, 0.2) is 0 Å². The first-order chi connectivity index (χ1) is 13.2. The number of likely N-dealkylation sites (tertiary alicyclic amines) is 1. The fourth-order valence-corrected chi connectivity index (χ4v) is 4.21. The van der Waals surface area contributed by atoms with Gasteiger partial charge >= 0.3 is 0 Å². The number of carbonyl (C=O) groups is 1. The number of ether oxygens (including phenoxy) is 1. The SMILES string of the molecule is Cl.O=C(Cc1cccc(OCc2cccc(Cl)c2)c1)N1CCC2CCC(C1)N2. The van der Waals surface area contributed by atoms with Gasteiger partial charge in [0.1, 0.15) is 12.4 Å². The van der Waals surface area contributed by atoms with Crippen LogP contribution in [0.5, 0.6) is 5.75 Å². The summed E-state index contributed by atoms with van der Waals surface area (Å²) in [6.07, 6.45) is 3.91. The summed E-state index contributed by atoms with van der Waals surface area (Å²) >= 11 is 6.02. The third-order valence-electron chi connectivity index (χ3n) is 5.42. The quantitative estimate of drug-likeness (QED) is 0.786. The van der Waals surface area contributed by atoms with Crippen LogP contribution in [0.3, 0.4) is 0 Å². The van der Waals surface area contributed by atoms with Gasteiger partial charge in [-0.1, -0.05) is 35.9 Å². The van der Waals surface area contributed by atoms with Crippen molar-refractivity contribution in [1.29, 1.82) is 0 Å². The van der Waals surface area contributed by atoms with Gasteiger partial charge in [0.05, 0.1) is 6.42 Å². The zero-order valence-electron chi connectivity index (χ0n) is 15.8. The molecular formula is C22H26Cl2N2O2. The van der Waals surface area contributed by atoms with Gasteiger partial charge in [-0.15, -0.1) is 12.4 Å². The summed E-state index contributed by atoms with van der Waals surface area (Å²) < 4.78 is 5.88. The van der Waals surface area contributed by atoms with Gasteiger partial charge in [-0.25, -0.2) is 0 Å². The largest absolute Gasteiger partial charge is 0.489 e. The lowest BCUT2D eigenvalue weighted by Crippen LogP contribution is -2.39. The number of hydrogen-bond donors (Lipinski definition) is 1. The molecule has 2 heterocycles. The van der Waals surface area contributed by atoms with Gasteiger partial charge < -0.3 is 15.0 Å². The molecule has 2 aliphatic rings. The molecule has 150 valence electrons. The molecule has 2 aromatic carbocycles. The van der Waals surface area contributed by atoms with Crippen molar-refractivity contribution in [1.82, 2.24) is 10.2 Å². The monoisotopic (exact) mass is 420 g/mol. The maximum absolute atomic E-state index is 12.8. The Balaban J connectivity index is 0.00000225. The molecule has 1 N–H and O–H groups in total. The summed E-state index contributed by atoms with van der Waals surface area (Å²) in [6, 6.07) is 16.5. The molecule has 4 rings (SSSR count). The first-order valence-electron chi connectivity index (χ1n) is 9.66. The molecule has 28 heavy (non-hydrogen) atoms. The predicted octanol–water partition coefficient (Wildman–Crippen LogP) is 4.24. The van der Waals surface area contributed by atoms with Crippen LogP contribution in [0.25, 0.3) is 0 Å². The first-order valence-corrected chi connectivity index (χ1v) is 10.0. The Morgan fingerprint density at radius 1 is 1.07 bits per heavy atom. The molecule has 2 atom stereocenters. The maximum atomic E-state index is 12.8. The molecule has 2 saturated heterocycles. The van der Waals surface area contributed by atoms with Crippen molar-refractivity contribution in [3.63, 3.8) is 0 Å². The number of carbonyl (C=O) groups excluding carboxylic acids is 1. The van der Waals surface area contributed by atoms with E-state index in [1.165, 1.54) is 12.8 Å². The number of hydrogen-bond acceptors (Lipinski definition) is 3. The number of rotatable bonds is 5. The lowest BCUT2D eigenvalue weighted by molar-refractivity contribution is -0.130. The second-order valence-electron chi connectivity index (χ2n) is 7.51. The van der Waals surface area contributed by atoms with E-state index in [1.54, 1.807) is 0 Å². The molecule has 4 nitrogen and oxygen atoms in total. The minimum Gasteiger partial charge on any atom is -0.489 e. The zero-order valence-corrected chi connectivity index (χ0v) is 17.3. The summed E-state index contributed by atoms with van der Waals surface area (Å²) in [5, 5.41) is 4.33. The average molecular weight is 421 g/mol. The molecular weight excluding hydrogens is 395 g/mol. The van der Waals surface area contributed by atoms with E-state index in [0.717, 1.165) is 36.4 Å². The van der Waals surface area contributed by atoms with E-state index in [4.69, 9.17) is 16.3 Å². The van der Waals surface area contributed by atoms with Gasteiger partial charge in [-0.3, -0.25) is 4.79 Å². The van der Waals surface area contributed by atoms with Crippen molar-refractivity contribution < 1.29 is 9.53 Å². The number of nitrogens with one attached hydrogen (secondary N) is 1. The molecule has 0 spiro atoms. The topological polar surface area (TPSA) is 41.6 Å². The summed E-state index contributed by atoms with van der Waals surface area (Å²) in [5.74, 6) is 0.980. The summed E-state index contributed by atoms with van der Waals surface area (Å²) in [4.78, 5) is 14.8.